The number of piperidine rings is 1. The zero-order valence-corrected chi connectivity index (χ0v) is 15.2. The highest BCUT2D eigenvalue weighted by molar-refractivity contribution is 9.10. The van der Waals surface area contributed by atoms with E-state index in [9.17, 15) is 0 Å². The number of aromatic nitrogens is 2. The van der Waals surface area contributed by atoms with Crippen molar-refractivity contribution in [3.63, 3.8) is 0 Å². The average molecular weight is 355 g/mol. The Morgan fingerprint density at radius 2 is 1.95 bits per heavy atom. The molecule has 1 saturated heterocycles. The Morgan fingerprint density at radius 1 is 1.29 bits per heavy atom. The van der Waals surface area contributed by atoms with Gasteiger partial charge in [-0.05, 0) is 46.5 Å². The second kappa shape index (κ2) is 6.95. The highest BCUT2D eigenvalue weighted by Gasteiger charge is 2.30. The van der Waals surface area contributed by atoms with Gasteiger partial charge in [0.1, 0.15) is 22.4 Å². The van der Waals surface area contributed by atoms with Gasteiger partial charge in [-0.2, -0.15) is 0 Å². The molecule has 0 aromatic carbocycles. The van der Waals surface area contributed by atoms with Crippen LogP contribution in [0.3, 0.4) is 0 Å². The molecule has 118 valence electrons. The van der Waals surface area contributed by atoms with Crippen molar-refractivity contribution in [2.75, 3.05) is 29.9 Å². The van der Waals surface area contributed by atoms with E-state index in [1.54, 1.807) is 6.33 Å². The van der Waals surface area contributed by atoms with E-state index < -0.39 is 0 Å². The molecule has 1 aromatic heterocycles. The van der Waals surface area contributed by atoms with Gasteiger partial charge in [0.05, 0.1) is 0 Å². The third-order valence-electron chi connectivity index (χ3n) is 4.33. The van der Waals surface area contributed by atoms with Crippen molar-refractivity contribution in [2.45, 2.75) is 47.0 Å². The molecule has 5 heteroatoms. The molecule has 0 amide bonds. The predicted molar refractivity (Wildman–Crippen MR) is 92.9 cm³/mol. The summed E-state index contributed by atoms with van der Waals surface area (Å²) in [6.45, 7) is 12.3. The molecule has 0 unspecified atom stereocenters. The van der Waals surface area contributed by atoms with Crippen LogP contribution in [0.25, 0.3) is 0 Å². The fourth-order valence-electron chi connectivity index (χ4n) is 2.90. The average Bonchev–Trinajstić information content (AvgIpc) is 2.45. The fraction of sp³-hybridized carbons (Fsp3) is 0.750. The second-order valence-corrected chi connectivity index (χ2v) is 7.71. The maximum absolute atomic E-state index is 4.49. The molecule has 0 bridgehead atoms. The van der Waals surface area contributed by atoms with Crippen LogP contribution in [0.15, 0.2) is 10.8 Å². The highest BCUT2D eigenvalue weighted by Crippen LogP contribution is 2.37. The fourth-order valence-corrected chi connectivity index (χ4v) is 3.50. The SMILES string of the molecule is CCCNc1ncnc(N2CCC(C(C)(C)C)CC2)c1Br. The largest absolute Gasteiger partial charge is 0.369 e. The molecule has 4 nitrogen and oxygen atoms in total. The summed E-state index contributed by atoms with van der Waals surface area (Å²) in [5.41, 5.74) is 0.406. The van der Waals surface area contributed by atoms with E-state index in [0.29, 0.717) is 5.41 Å². The number of anilines is 2. The van der Waals surface area contributed by atoms with Crippen molar-refractivity contribution in [3.8, 4) is 0 Å². The monoisotopic (exact) mass is 354 g/mol. The molecule has 1 fully saturated rings. The maximum Gasteiger partial charge on any atom is 0.148 e. The lowest BCUT2D eigenvalue weighted by atomic mass is 9.75. The topological polar surface area (TPSA) is 41.1 Å². The minimum absolute atomic E-state index is 0.406. The van der Waals surface area contributed by atoms with Crippen LogP contribution in [-0.2, 0) is 0 Å². The van der Waals surface area contributed by atoms with E-state index in [2.05, 4.69) is 63.8 Å². The van der Waals surface area contributed by atoms with Crippen LogP contribution >= 0.6 is 15.9 Å². The third-order valence-corrected chi connectivity index (χ3v) is 5.06. The van der Waals surface area contributed by atoms with Gasteiger partial charge in [-0.1, -0.05) is 27.7 Å². The summed E-state index contributed by atoms with van der Waals surface area (Å²) < 4.78 is 0.993. The first-order chi connectivity index (χ1) is 9.93. The second-order valence-electron chi connectivity index (χ2n) is 6.91. The zero-order chi connectivity index (χ0) is 15.5. The van der Waals surface area contributed by atoms with E-state index in [0.717, 1.165) is 48.1 Å². The number of halogens is 1. The molecule has 1 N–H and O–H groups in total. The minimum Gasteiger partial charge on any atom is -0.369 e. The van der Waals surface area contributed by atoms with Crippen LogP contribution in [0.5, 0.6) is 0 Å². The standard InChI is InChI=1S/C16H27BrN4/c1-5-8-18-14-13(17)15(20-11-19-14)21-9-6-12(7-10-21)16(2,3)4/h11-12H,5-10H2,1-4H3,(H,18,19,20). The lowest BCUT2D eigenvalue weighted by Gasteiger charge is -2.39. The van der Waals surface area contributed by atoms with E-state index in [1.165, 1.54) is 12.8 Å². The molecule has 2 rings (SSSR count). The number of nitrogens with zero attached hydrogens (tertiary/aromatic N) is 3. The van der Waals surface area contributed by atoms with Crippen LogP contribution in [0.2, 0.25) is 0 Å². The van der Waals surface area contributed by atoms with Crippen LogP contribution in [-0.4, -0.2) is 29.6 Å². The van der Waals surface area contributed by atoms with Crippen molar-refractivity contribution in [1.29, 1.82) is 0 Å². The first-order valence-electron chi connectivity index (χ1n) is 7.92. The third kappa shape index (κ3) is 4.09. The summed E-state index contributed by atoms with van der Waals surface area (Å²) in [7, 11) is 0. The maximum atomic E-state index is 4.49. The molecule has 0 saturated carbocycles. The molecule has 1 aliphatic heterocycles. The van der Waals surface area contributed by atoms with Crippen LogP contribution in [0, 0.1) is 11.3 Å². The van der Waals surface area contributed by atoms with Crippen molar-refractivity contribution in [2.24, 2.45) is 11.3 Å². The van der Waals surface area contributed by atoms with Gasteiger partial charge >= 0.3 is 0 Å². The molecule has 0 radical (unpaired) electrons. The first kappa shape index (κ1) is 16.5. The molecule has 1 aliphatic rings. The van der Waals surface area contributed by atoms with Gasteiger partial charge in [-0.15, -0.1) is 0 Å². The lowest BCUT2D eigenvalue weighted by molar-refractivity contribution is 0.198. The van der Waals surface area contributed by atoms with E-state index in [4.69, 9.17) is 0 Å². The molecule has 0 spiro atoms. The Kier molecular flexibility index (Phi) is 5.47. The normalized spacial score (nSPS) is 17.1. The summed E-state index contributed by atoms with van der Waals surface area (Å²) in [5.74, 6) is 2.72. The van der Waals surface area contributed by atoms with Gasteiger partial charge in [-0.25, -0.2) is 9.97 Å². The molecular formula is C16H27BrN4. The van der Waals surface area contributed by atoms with Gasteiger partial charge < -0.3 is 10.2 Å². The van der Waals surface area contributed by atoms with Gasteiger partial charge in [0.15, 0.2) is 0 Å². The Labute approximate surface area is 136 Å². The Hall–Kier alpha value is -0.840. The van der Waals surface area contributed by atoms with E-state index in [1.807, 2.05) is 0 Å². The van der Waals surface area contributed by atoms with Gasteiger partial charge in [0, 0.05) is 19.6 Å². The zero-order valence-electron chi connectivity index (χ0n) is 13.6. The van der Waals surface area contributed by atoms with Crippen molar-refractivity contribution >= 4 is 27.6 Å². The van der Waals surface area contributed by atoms with Gasteiger partial charge in [0.25, 0.3) is 0 Å². The summed E-state index contributed by atoms with van der Waals surface area (Å²) >= 11 is 3.67. The smallest absolute Gasteiger partial charge is 0.148 e. The molecule has 1 aromatic rings. The van der Waals surface area contributed by atoms with Crippen molar-refractivity contribution in [1.82, 2.24) is 9.97 Å². The van der Waals surface area contributed by atoms with Crippen LogP contribution < -0.4 is 10.2 Å². The lowest BCUT2D eigenvalue weighted by Crippen LogP contribution is -2.38. The predicted octanol–water partition coefficient (Wildman–Crippen LogP) is 4.32. The van der Waals surface area contributed by atoms with E-state index in [-0.39, 0.29) is 0 Å². The minimum atomic E-state index is 0.406. The Morgan fingerprint density at radius 3 is 2.52 bits per heavy atom. The Balaban J connectivity index is 2.06. The summed E-state index contributed by atoms with van der Waals surface area (Å²) in [6, 6.07) is 0. The number of hydrogen-bond acceptors (Lipinski definition) is 4. The Bertz CT molecular complexity index is 462. The number of hydrogen-bond donors (Lipinski definition) is 1. The van der Waals surface area contributed by atoms with Gasteiger partial charge in [0.2, 0.25) is 0 Å². The quantitative estimate of drug-likeness (QED) is 0.873. The summed E-state index contributed by atoms with van der Waals surface area (Å²) in [4.78, 5) is 11.2. The summed E-state index contributed by atoms with van der Waals surface area (Å²) in [6.07, 6.45) is 5.21. The molecule has 0 atom stereocenters. The first-order valence-corrected chi connectivity index (χ1v) is 8.72. The molecule has 21 heavy (non-hydrogen) atoms. The molecule has 2 heterocycles. The van der Waals surface area contributed by atoms with Gasteiger partial charge in [-0.3, -0.25) is 0 Å². The van der Waals surface area contributed by atoms with Crippen molar-refractivity contribution < 1.29 is 0 Å². The number of rotatable bonds is 4. The molecular weight excluding hydrogens is 328 g/mol. The number of nitrogens with one attached hydrogen (secondary N) is 1. The molecule has 0 aliphatic carbocycles. The van der Waals surface area contributed by atoms with Crippen LogP contribution in [0.1, 0.15) is 47.0 Å². The van der Waals surface area contributed by atoms with E-state index >= 15 is 0 Å². The highest BCUT2D eigenvalue weighted by atomic mass is 79.9. The van der Waals surface area contributed by atoms with Crippen LogP contribution in [0.4, 0.5) is 11.6 Å². The van der Waals surface area contributed by atoms with Crippen molar-refractivity contribution in [3.05, 3.63) is 10.8 Å². The summed E-state index contributed by atoms with van der Waals surface area (Å²) in [5, 5.41) is 3.35.